The van der Waals surface area contributed by atoms with E-state index in [0.717, 1.165) is 5.69 Å². The largest absolute Gasteiger partial charge is 0.493 e. The van der Waals surface area contributed by atoms with Gasteiger partial charge in [-0.05, 0) is 36.4 Å². The molecule has 0 saturated carbocycles. The molecule has 0 saturated heterocycles. The highest BCUT2D eigenvalue weighted by Crippen LogP contribution is 2.15. The molecule has 1 heterocycles. The van der Waals surface area contributed by atoms with Gasteiger partial charge in [0.2, 0.25) is 10.0 Å². The maximum Gasteiger partial charge on any atom is 0.345 e. The lowest BCUT2D eigenvalue weighted by Gasteiger charge is -2.13. The topological polar surface area (TPSA) is 164 Å². The second-order valence-corrected chi connectivity index (χ2v) is 9.41. The lowest BCUT2D eigenvalue weighted by molar-refractivity contribution is -0.138. The molecule has 174 valence electrons. The maximum atomic E-state index is 12.2. The van der Waals surface area contributed by atoms with E-state index >= 15 is 0 Å². The SMILES string of the molecule is Nc1nc(CCOc2ccc(C(=O)OC(=O)C[C@@H](N)NS(=O)(=O)c3ccccc3)cc2)cs1. The Morgan fingerprint density at radius 3 is 2.42 bits per heavy atom. The number of anilines is 1. The van der Waals surface area contributed by atoms with Crippen molar-refractivity contribution < 1.29 is 27.5 Å². The Bertz CT molecular complexity index is 1200. The Balaban J connectivity index is 1.45. The molecule has 0 aliphatic heterocycles. The van der Waals surface area contributed by atoms with E-state index in [1.165, 1.54) is 35.6 Å². The normalized spacial score (nSPS) is 12.2. The van der Waals surface area contributed by atoms with E-state index in [9.17, 15) is 18.0 Å². The number of thiazole rings is 1. The summed E-state index contributed by atoms with van der Waals surface area (Å²) in [6, 6.07) is 13.6. The minimum atomic E-state index is -3.91. The average molecular weight is 491 g/mol. The van der Waals surface area contributed by atoms with Crippen molar-refractivity contribution in [2.75, 3.05) is 12.3 Å². The Hall–Kier alpha value is -3.32. The van der Waals surface area contributed by atoms with Crippen molar-refractivity contribution in [2.45, 2.75) is 23.9 Å². The quantitative estimate of drug-likeness (QED) is 0.218. The fourth-order valence-electron chi connectivity index (χ4n) is 2.69. The average Bonchev–Trinajstić information content (AvgIpc) is 3.19. The zero-order valence-electron chi connectivity index (χ0n) is 17.3. The molecule has 0 amide bonds. The molecule has 0 radical (unpaired) electrons. The number of ether oxygens (including phenoxy) is 2. The van der Waals surface area contributed by atoms with E-state index in [2.05, 4.69) is 9.71 Å². The summed E-state index contributed by atoms with van der Waals surface area (Å²) in [5, 5.41) is 2.35. The lowest BCUT2D eigenvalue weighted by Crippen LogP contribution is -2.43. The molecule has 0 spiro atoms. The molecule has 0 bridgehead atoms. The Morgan fingerprint density at radius 2 is 1.79 bits per heavy atom. The van der Waals surface area contributed by atoms with Gasteiger partial charge < -0.3 is 20.9 Å². The van der Waals surface area contributed by atoms with Gasteiger partial charge in [-0.2, -0.15) is 4.72 Å². The standard InChI is InChI=1S/C21H22N4O6S2/c22-18(25-33(28,29)17-4-2-1-3-5-17)12-19(26)31-20(27)14-6-8-16(9-7-14)30-11-10-15-13-32-21(23)24-15/h1-9,13,18,25H,10-12,22H2,(H2,23,24)/t18-/m0/s1. The minimum absolute atomic E-state index is 0.00270. The van der Waals surface area contributed by atoms with Crippen LogP contribution in [-0.2, 0) is 26.0 Å². The molecule has 0 aliphatic rings. The number of aromatic nitrogens is 1. The number of nitrogens with one attached hydrogen (secondary N) is 1. The minimum Gasteiger partial charge on any atom is -0.493 e. The number of hydrogen-bond donors (Lipinski definition) is 3. The molecule has 5 N–H and O–H groups in total. The number of rotatable bonds is 10. The predicted molar refractivity (Wildman–Crippen MR) is 122 cm³/mol. The van der Waals surface area contributed by atoms with Gasteiger partial charge in [0.15, 0.2) is 5.13 Å². The first-order valence-corrected chi connectivity index (χ1v) is 12.1. The molecule has 3 aromatic rings. The smallest absolute Gasteiger partial charge is 0.345 e. The zero-order chi connectivity index (χ0) is 23.8. The van der Waals surface area contributed by atoms with Crippen LogP contribution in [0, 0.1) is 0 Å². The molecule has 0 aliphatic carbocycles. The van der Waals surface area contributed by atoms with E-state index in [1.807, 2.05) is 5.38 Å². The van der Waals surface area contributed by atoms with Crippen LogP contribution in [0.4, 0.5) is 5.13 Å². The molecule has 2 aromatic carbocycles. The van der Waals surface area contributed by atoms with Gasteiger partial charge in [0.05, 0.1) is 35.3 Å². The highest BCUT2D eigenvalue weighted by molar-refractivity contribution is 7.89. The molecule has 12 heteroatoms. The van der Waals surface area contributed by atoms with Crippen molar-refractivity contribution in [3.8, 4) is 5.75 Å². The number of carbonyl (C=O) groups excluding carboxylic acids is 2. The summed E-state index contributed by atoms with van der Waals surface area (Å²) in [4.78, 5) is 28.3. The molecule has 33 heavy (non-hydrogen) atoms. The molecular formula is C21H22N4O6S2. The number of esters is 2. The number of benzene rings is 2. The van der Waals surface area contributed by atoms with Gasteiger partial charge in [-0.3, -0.25) is 4.79 Å². The monoisotopic (exact) mass is 490 g/mol. The molecule has 1 aromatic heterocycles. The predicted octanol–water partition coefficient (Wildman–Crippen LogP) is 1.68. The van der Waals surface area contributed by atoms with Crippen molar-refractivity contribution >= 4 is 38.4 Å². The molecular weight excluding hydrogens is 468 g/mol. The molecule has 0 fully saturated rings. The van der Waals surface area contributed by atoms with Crippen molar-refractivity contribution in [1.82, 2.24) is 9.71 Å². The molecule has 3 rings (SSSR count). The van der Waals surface area contributed by atoms with E-state index < -0.39 is 34.5 Å². The van der Waals surface area contributed by atoms with Gasteiger partial charge >= 0.3 is 11.9 Å². The number of nitrogen functional groups attached to an aromatic ring is 1. The van der Waals surface area contributed by atoms with Crippen LogP contribution in [0.5, 0.6) is 5.75 Å². The van der Waals surface area contributed by atoms with Crippen LogP contribution < -0.4 is 20.9 Å². The Kier molecular flexibility index (Phi) is 8.11. The highest BCUT2D eigenvalue weighted by Gasteiger charge is 2.21. The van der Waals surface area contributed by atoms with Gasteiger partial charge in [-0.1, -0.05) is 18.2 Å². The van der Waals surface area contributed by atoms with Crippen molar-refractivity contribution in [3.05, 3.63) is 71.2 Å². The third-order valence-corrected chi connectivity index (χ3v) is 6.47. The van der Waals surface area contributed by atoms with Crippen LogP contribution in [0.2, 0.25) is 0 Å². The van der Waals surface area contributed by atoms with Crippen molar-refractivity contribution in [3.63, 3.8) is 0 Å². The summed E-state index contributed by atoms with van der Waals surface area (Å²) in [5.74, 6) is -1.33. The number of sulfonamides is 1. The van der Waals surface area contributed by atoms with Crippen molar-refractivity contribution in [1.29, 1.82) is 0 Å². The lowest BCUT2D eigenvalue weighted by atomic mass is 10.2. The Labute approximate surface area is 194 Å². The van der Waals surface area contributed by atoms with Gasteiger partial charge in [0.25, 0.3) is 0 Å². The summed E-state index contributed by atoms with van der Waals surface area (Å²) < 4.78 is 37.0. The highest BCUT2D eigenvalue weighted by atomic mass is 32.2. The fraction of sp³-hybridized carbons (Fsp3) is 0.190. The van der Waals surface area contributed by atoms with Crippen LogP contribution in [0.3, 0.4) is 0 Å². The first kappa shape index (κ1) is 24.3. The maximum absolute atomic E-state index is 12.2. The third-order valence-electron chi connectivity index (χ3n) is 4.24. The van der Waals surface area contributed by atoms with Gasteiger partial charge in [0, 0.05) is 11.8 Å². The fourth-order valence-corrected chi connectivity index (χ4v) is 4.42. The van der Waals surface area contributed by atoms with E-state index in [-0.39, 0.29) is 10.5 Å². The third kappa shape index (κ3) is 7.36. The first-order chi connectivity index (χ1) is 15.7. The van der Waals surface area contributed by atoms with E-state index in [4.69, 9.17) is 20.9 Å². The van der Waals surface area contributed by atoms with Crippen molar-refractivity contribution in [2.24, 2.45) is 5.73 Å². The van der Waals surface area contributed by atoms with Crippen LogP contribution in [0.15, 0.2) is 64.9 Å². The molecule has 0 unspecified atom stereocenters. The van der Waals surface area contributed by atoms with E-state index in [1.54, 1.807) is 30.3 Å². The number of nitrogens with two attached hydrogens (primary N) is 2. The van der Waals surface area contributed by atoms with Crippen LogP contribution in [0.25, 0.3) is 0 Å². The van der Waals surface area contributed by atoms with E-state index in [0.29, 0.717) is 23.9 Å². The summed E-state index contributed by atoms with van der Waals surface area (Å²) in [6.45, 7) is 0.377. The summed E-state index contributed by atoms with van der Waals surface area (Å²) >= 11 is 1.36. The number of hydrogen-bond acceptors (Lipinski definition) is 10. The molecule has 10 nitrogen and oxygen atoms in total. The number of nitrogens with zero attached hydrogens (tertiary/aromatic N) is 1. The summed E-state index contributed by atoms with van der Waals surface area (Å²) in [7, 11) is -3.91. The second kappa shape index (κ2) is 11.0. The van der Waals surface area contributed by atoms with Crippen LogP contribution in [0.1, 0.15) is 22.5 Å². The van der Waals surface area contributed by atoms with Gasteiger partial charge in [-0.25, -0.2) is 18.2 Å². The Morgan fingerprint density at radius 1 is 1.09 bits per heavy atom. The summed E-state index contributed by atoms with van der Waals surface area (Å²) in [6.07, 6.45) is -1.21. The molecule has 1 atom stereocenters. The summed E-state index contributed by atoms with van der Waals surface area (Å²) in [5.41, 5.74) is 12.2. The van der Waals surface area contributed by atoms with Gasteiger partial charge in [0.1, 0.15) is 5.75 Å². The zero-order valence-corrected chi connectivity index (χ0v) is 19.0. The second-order valence-electron chi connectivity index (χ2n) is 6.81. The number of carbonyl (C=O) groups is 2. The van der Waals surface area contributed by atoms with Crippen LogP contribution in [-0.4, -0.2) is 38.1 Å². The van der Waals surface area contributed by atoms with Crippen LogP contribution >= 0.6 is 11.3 Å². The van der Waals surface area contributed by atoms with Gasteiger partial charge in [-0.15, -0.1) is 11.3 Å². The first-order valence-electron chi connectivity index (χ1n) is 9.73.